The Morgan fingerprint density at radius 2 is 2.06 bits per heavy atom. The summed E-state index contributed by atoms with van der Waals surface area (Å²) in [6.07, 6.45) is -1.93. The van der Waals surface area contributed by atoms with Gasteiger partial charge in [0.25, 0.3) is 6.43 Å². The van der Waals surface area contributed by atoms with Crippen LogP contribution in [-0.2, 0) is 5.67 Å². The summed E-state index contributed by atoms with van der Waals surface area (Å²) in [5, 5.41) is 3.93. The zero-order chi connectivity index (χ0) is 12.5. The Kier molecular flexibility index (Phi) is 2.00. The van der Waals surface area contributed by atoms with Gasteiger partial charge >= 0.3 is 0 Å². The Balaban J connectivity index is 2.23. The van der Waals surface area contributed by atoms with Crippen molar-refractivity contribution < 1.29 is 13.2 Å². The van der Waals surface area contributed by atoms with Gasteiger partial charge in [0.05, 0.1) is 5.69 Å². The van der Waals surface area contributed by atoms with Crippen molar-refractivity contribution in [1.82, 2.24) is 9.78 Å². The van der Waals surface area contributed by atoms with Crippen LogP contribution in [0.15, 0.2) is 0 Å². The van der Waals surface area contributed by atoms with Crippen molar-refractivity contribution in [3.63, 3.8) is 0 Å². The zero-order valence-corrected chi connectivity index (χ0v) is 10.0. The predicted octanol–water partition coefficient (Wildman–Crippen LogP) is 3.70. The third-order valence-electron chi connectivity index (χ3n) is 3.99. The van der Waals surface area contributed by atoms with Crippen molar-refractivity contribution in [2.45, 2.75) is 51.2 Å². The van der Waals surface area contributed by atoms with E-state index in [2.05, 4.69) is 5.10 Å². The average Bonchev–Trinajstić information content (AvgIpc) is 2.83. The smallest absolute Gasteiger partial charge is 0.263 e. The molecule has 0 saturated heterocycles. The van der Waals surface area contributed by atoms with Crippen molar-refractivity contribution in [3.8, 4) is 0 Å². The van der Waals surface area contributed by atoms with Gasteiger partial charge < -0.3 is 0 Å². The summed E-state index contributed by atoms with van der Waals surface area (Å²) in [6.45, 7) is 5.17. The highest BCUT2D eigenvalue weighted by atomic mass is 19.3. The fourth-order valence-electron chi connectivity index (χ4n) is 3.14. The van der Waals surface area contributed by atoms with E-state index in [1.54, 1.807) is 0 Å². The molecule has 3 rings (SSSR count). The minimum atomic E-state index is -2.61. The molecule has 0 aliphatic heterocycles. The molecular weight excluding hydrogens is 229 g/mol. The molecular formula is C12H15F3N2. The third kappa shape index (κ3) is 1.25. The van der Waals surface area contributed by atoms with Gasteiger partial charge in [0.15, 0.2) is 5.67 Å². The number of hydrogen-bond donors (Lipinski definition) is 0. The van der Waals surface area contributed by atoms with E-state index in [-0.39, 0.29) is 23.6 Å². The van der Waals surface area contributed by atoms with Crippen LogP contribution in [-0.4, -0.2) is 9.78 Å². The van der Waals surface area contributed by atoms with Crippen LogP contribution >= 0.6 is 0 Å². The molecule has 1 saturated carbocycles. The molecule has 1 unspecified atom stereocenters. The summed E-state index contributed by atoms with van der Waals surface area (Å²) in [5.74, 6) is -0.144. The topological polar surface area (TPSA) is 17.8 Å². The van der Waals surface area contributed by atoms with E-state index >= 15 is 0 Å². The fraction of sp³-hybridized carbons (Fsp3) is 0.750. The first-order valence-corrected chi connectivity index (χ1v) is 5.95. The first-order chi connectivity index (χ1) is 7.85. The SMILES string of the molecule is CC(C)n1nc(C(F)F)c2c1C(C)(F)[C@@H]1C[C@H]21. The molecule has 5 heteroatoms. The van der Waals surface area contributed by atoms with E-state index in [0.717, 1.165) is 0 Å². The molecule has 1 heterocycles. The van der Waals surface area contributed by atoms with Crippen LogP contribution in [0.2, 0.25) is 0 Å². The van der Waals surface area contributed by atoms with E-state index in [4.69, 9.17) is 0 Å². The van der Waals surface area contributed by atoms with Gasteiger partial charge in [-0.2, -0.15) is 5.10 Å². The Morgan fingerprint density at radius 1 is 1.41 bits per heavy atom. The molecule has 1 aromatic heterocycles. The number of halogens is 3. The lowest BCUT2D eigenvalue weighted by Crippen LogP contribution is -2.22. The van der Waals surface area contributed by atoms with E-state index in [1.165, 1.54) is 11.6 Å². The van der Waals surface area contributed by atoms with Gasteiger partial charge in [-0.05, 0) is 33.1 Å². The summed E-state index contributed by atoms with van der Waals surface area (Å²) in [5.41, 5.74) is -0.819. The highest BCUT2D eigenvalue weighted by Gasteiger charge is 2.63. The van der Waals surface area contributed by atoms with Crippen molar-refractivity contribution in [3.05, 3.63) is 17.0 Å². The minimum Gasteiger partial charge on any atom is -0.263 e. The molecule has 0 radical (unpaired) electrons. The molecule has 94 valence electrons. The Labute approximate surface area is 97.8 Å². The molecule has 0 N–H and O–H groups in total. The maximum absolute atomic E-state index is 14.6. The number of nitrogens with zero attached hydrogens (tertiary/aromatic N) is 2. The summed E-state index contributed by atoms with van der Waals surface area (Å²) in [4.78, 5) is 0. The second-order valence-corrected chi connectivity index (χ2v) is 5.51. The molecule has 1 aromatic rings. The van der Waals surface area contributed by atoms with Crippen LogP contribution in [0.1, 0.15) is 62.5 Å². The molecule has 0 amide bonds. The molecule has 2 aliphatic rings. The minimum absolute atomic E-state index is 0.0310. The molecule has 3 atom stereocenters. The van der Waals surface area contributed by atoms with Crippen LogP contribution < -0.4 is 0 Å². The van der Waals surface area contributed by atoms with E-state index < -0.39 is 12.1 Å². The lowest BCUT2D eigenvalue weighted by atomic mass is 10.0. The van der Waals surface area contributed by atoms with Crippen molar-refractivity contribution in [1.29, 1.82) is 0 Å². The second-order valence-electron chi connectivity index (χ2n) is 5.51. The first-order valence-electron chi connectivity index (χ1n) is 5.95. The van der Waals surface area contributed by atoms with Gasteiger partial charge in [-0.15, -0.1) is 0 Å². The van der Waals surface area contributed by atoms with Gasteiger partial charge in [0.1, 0.15) is 5.69 Å². The molecule has 2 nitrogen and oxygen atoms in total. The van der Waals surface area contributed by atoms with Crippen molar-refractivity contribution in [2.75, 3.05) is 0 Å². The summed E-state index contributed by atoms with van der Waals surface area (Å²) in [7, 11) is 0. The van der Waals surface area contributed by atoms with E-state index in [1.807, 2.05) is 13.8 Å². The summed E-state index contributed by atoms with van der Waals surface area (Å²) < 4.78 is 42.0. The molecule has 17 heavy (non-hydrogen) atoms. The van der Waals surface area contributed by atoms with Gasteiger partial charge in [0.2, 0.25) is 0 Å². The van der Waals surface area contributed by atoms with Crippen LogP contribution in [0.4, 0.5) is 13.2 Å². The van der Waals surface area contributed by atoms with E-state index in [0.29, 0.717) is 17.7 Å². The van der Waals surface area contributed by atoms with E-state index in [9.17, 15) is 13.2 Å². The predicted molar refractivity (Wildman–Crippen MR) is 56.9 cm³/mol. The molecule has 2 aliphatic carbocycles. The Bertz CT molecular complexity index is 476. The van der Waals surface area contributed by atoms with Gasteiger partial charge in [-0.1, -0.05) is 0 Å². The number of alkyl halides is 3. The number of aromatic nitrogens is 2. The van der Waals surface area contributed by atoms with Gasteiger partial charge in [0, 0.05) is 17.5 Å². The quantitative estimate of drug-likeness (QED) is 0.775. The standard InChI is InChI=1S/C12H15F3N2/c1-5(2)17-10-8(9(16-17)11(13)14)6-4-7(6)12(10,3)15/h5-7,11H,4H2,1-3H3/t6-,7+,12?/m0/s1. The highest BCUT2D eigenvalue weighted by Crippen LogP contribution is 2.67. The first kappa shape index (κ1) is 11.1. The van der Waals surface area contributed by atoms with Gasteiger partial charge in [-0.3, -0.25) is 4.68 Å². The zero-order valence-electron chi connectivity index (χ0n) is 10.0. The highest BCUT2D eigenvalue weighted by molar-refractivity contribution is 5.47. The maximum Gasteiger partial charge on any atom is 0.282 e. The normalized spacial score (nSPS) is 34.4. The fourth-order valence-corrected chi connectivity index (χ4v) is 3.14. The molecule has 0 bridgehead atoms. The Hall–Kier alpha value is -1.00. The van der Waals surface area contributed by atoms with Crippen LogP contribution in [0.3, 0.4) is 0 Å². The number of fused-ring (bicyclic) bond motifs is 3. The molecule has 0 aromatic carbocycles. The lowest BCUT2D eigenvalue weighted by Gasteiger charge is -2.21. The van der Waals surface area contributed by atoms with Gasteiger partial charge in [-0.25, -0.2) is 13.2 Å². The molecule has 1 fully saturated rings. The monoisotopic (exact) mass is 244 g/mol. The second kappa shape index (κ2) is 3.06. The van der Waals surface area contributed by atoms with Crippen LogP contribution in [0.25, 0.3) is 0 Å². The lowest BCUT2D eigenvalue weighted by molar-refractivity contribution is 0.140. The van der Waals surface area contributed by atoms with Crippen LogP contribution in [0.5, 0.6) is 0 Å². The Morgan fingerprint density at radius 3 is 2.59 bits per heavy atom. The molecule has 0 spiro atoms. The summed E-state index contributed by atoms with van der Waals surface area (Å²) >= 11 is 0. The third-order valence-corrected chi connectivity index (χ3v) is 3.99. The number of hydrogen-bond acceptors (Lipinski definition) is 1. The van der Waals surface area contributed by atoms with Crippen LogP contribution in [0, 0.1) is 5.92 Å². The van der Waals surface area contributed by atoms with Crippen molar-refractivity contribution in [2.24, 2.45) is 5.92 Å². The maximum atomic E-state index is 14.6. The average molecular weight is 244 g/mol. The summed E-state index contributed by atoms with van der Waals surface area (Å²) in [6, 6.07) is -0.0937. The number of rotatable bonds is 2. The van der Waals surface area contributed by atoms with Crippen molar-refractivity contribution >= 4 is 0 Å². The largest absolute Gasteiger partial charge is 0.282 e.